The van der Waals surface area contributed by atoms with Crippen LogP contribution in [0.2, 0.25) is 0 Å². The van der Waals surface area contributed by atoms with E-state index in [0.29, 0.717) is 52.2 Å². The molecule has 9 atom stereocenters. The van der Waals surface area contributed by atoms with Crippen LogP contribution < -0.4 is 5.73 Å². The molecule has 0 aliphatic carbocycles. The Balaban J connectivity index is 2.23. The van der Waals surface area contributed by atoms with Gasteiger partial charge in [-0.1, -0.05) is 85.2 Å². The Bertz CT molecular complexity index is 1580. The quantitative estimate of drug-likeness (QED) is 0.0959. The summed E-state index contributed by atoms with van der Waals surface area (Å²) < 4.78 is 22.8. The molecule has 3 N–H and O–H groups in total. The third-order valence-electron chi connectivity index (χ3n) is 12.9. The Morgan fingerprint density at radius 2 is 1.46 bits per heavy atom. The minimum absolute atomic E-state index is 0.0331. The first-order valence-corrected chi connectivity index (χ1v) is 22.9. The first-order valence-electron chi connectivity index (χ1n) is 22.9. The predicted molar refractivity (Wildman–Crippen MR) is 242 cm³/mol. The zero-order chi connectivity index (χ0) is 47.4. The van der Waals surface area contributed by atoms with E-state index < -0.39 is 54.1 Å². The van der Waals surface area contributed by atoms with Crippen LogP contribution in [0.1, 0.15) is 99.0 Å². The van der Waals surface area contributed by atoms with Crippen molar-refractivity contribution in [3.05, 3.63) is 35.9 Å². The summed E-state index contributed by atoms with van der Waals surface area (Å²) in [6.07, 6.45) is 0.717. The number of methoxy groups -OCH3 is 2. The molecule has 0 bridgehead atoms. The van der Waals surface area contributed by atoms with Gasteiger partial charge >= 0.3 is 5.97 Å². The van der Waals surface area contributed by atoms with Crippen molar-refractivity contribution in [2.24, 2.45) is 41.2 Å². The number of rotatable bonds is 31. The van der Waals surface area contributed by atoms with Gasteiger partial charge in [0.25, 0.3) is 0 Å². The first kappa shape index (κ1) is 55.4. The van der Waals surface area contributed by atoms with E-state index >= 15 is 0 Å². The molecule has 1 fully saturated rings. The van der Waals surface area contributed by atoms with Gasteiger partial charge in [-0.05, 0) is 42.6 Å². The number of carboxylic acids is 1. The molecular formula is C48H80N4O11. The Labute approximate surface area is 377 Å². The molecule has 15 nitrogen and oxygen atoms in total. The minimum atomic E-state index is -1.04. The molecule has 0 spiro atoms. The van der Waals surface area contributed by atoms with Crippen LogP contribution in [0.3, 0.4) is 0 Å². The number of likely N-dealkylation sites (N-methyl/N-ethyl adjacent to an activating group) is 2. The SMILES string of the molecule is CC[C@H](C)[C@@H]([C@@H](CC(=O)N1CCC[C@H]1[C@H](OC)[C@@H](C)C(=O)C[C@@H](Cc1ccccc1)C(=O)O)OC)N(C)C(=O)[C@@H](CC(=O)[C@H](C(C)C)N(C)C(=O)CCOCCOCCN)C(C)C. The van der Waals surface area contributed by atoms with E-state index in [-0.39, 0.29) is 85.8 Å². The summed E-state index contributed by atoms with van der Waals surface area (Å²) in [5.74, 6) is -4.91. The minimum Gasteiger partial charge on any atom is -0.481 e. The van der Waals surface area contributed by atoms with Crippen LogP contribution in [0, 0.1) is 35.5 Å². The number of carbonyl (C=O) groups is 6. The number of amides is 3. The molecule has 0 saturated carbocycles. The highest BCUT2D eigenvalue weighted by Crippen LogP contribution is 2.32. The normalized spacial score (nSPS) is 18.0. The van der Waals surface area contributed by atoms with Gasteiger partial charge in [0.2, 0.25) is 17.7 Å². The maximum Gasteiger partial charge on any atom is 0.307 e. The maximum atomic E-state index is 14.6. The van der Waals surface area contributed by atoms with E-state index in [1.807, 2.05) is 71.9 Å². The second kappa shape index (κ2) is 28.2. The molecule has 1 saturated heterocycles. The number of nitrogens with zero attached hydrogens (tertiary/aromatic N) is 3. The number of hydrogen-bond acceptors (Lipinski definition) is 11. The average Bonchev–Trinajstić information content (AvgIpc) is 3.74. The average molecular weight is 889 g/mol. The van der Waals surface area contributed by atoms with Crippen LogP contribution in [0.4, 0.5) is 0 Å². The Morgan fingerprint density at radius 1 is 0.825 bits per heavy atom. The zero-order valence-electron chi connectivity index (χ0n) is 40.1. The number of Topliss-reactive ketones (excluding diaryl/α,β-unsaturated/α-hetero) is 2. The van der Waals surface area contributed by atoms with Crippen molar-refractivity contribution in [1.82, 2.24) is 14.7 Å². The second-order valence-corrected chi connectivity index (χ2v) is 18.0. The number of ether oxygens (including phenoxy) is 4. The fourth-order valence-corrected chi connectivity index (χ4v) is 9.05. The van der Waals surface area contributed by atoms with Crippen molar-refractivity contribution in [2.75, 3.05) is 67.8 Å². The Morgan fingerprint density at radius 3 is 2.00 bits per heavy atom. The molecule has 1 aromatic rings. The molecule has 1 aliphatic rings. The molecule has 0 aromatic heterocycles. The third-order valence-corrected chi connectivity index (χ3v) is 12.9. The molecule has 2 rings (SSSR count). The fraction of sp³-hybridized carbons (Fsp3) is 0.750. The van der Waals surface area contributed by atoms with Gasteiger partial charge in [0, 0.05) is 66.1 Å². The molecule has 358 valence electrons. The van der Waals surface area contributed by atoms with Crippen molar-refractivity contribution in [2.45, 2.75) is 130 Å². The number of aliphatic carboxylic acids is 1. The largest absolute Gasteiger partial charge is 0.481 e. The molecule has 63 heavy (non-hydrogen) atoms. The lowest BCUT2D eigenvalue weighted by molar-refractivity contribution is -0.150. The number of carboxylic acid groups (broad SMARTS) is 1. The van der Waals surface area contributed by atoms with E-state index in [1.165, 1.54) is 19.1 Å². The van der Waals surface area contributed by atoms with Gasteiger partial charge in [0.15, 0.2) is 5.78 Å². The molecule has 1 aromatic carbocycles. The molecule has 0 radical (unpaired) electrons. The fourth-order valence-electron chi connectivity index (χ4n) is 9.05. The monoisotopic (exact) mass is 889 g/mol. The summed E-state index contributed by atoms with van der Waals surface area (Å²) in [5, 5.41) is 9.99. The number of benzene rings is 1. The second-order valence-electron chi connectivity index (χ2n) is 18.0. The van der Waals surface area contributed by atoms with Crippen LogP contribution in [-0.2, 0) is 54.1 Å². The van der Waals surface area contributed by atoms with E-state index in [1.54, 1.807) is 30.8 Å². The summed E-state index contributed by atoms with van der Waals surface area (Å²) in [5.41, 5.74) is 6.27. The van der Waals surface area contributed by atoms with Crippen molar-refractivity contribution in [3.8, 4) is 0 Å². The Kier molecular flexibility index (Phi) is 24.8. The molecule has 3 amide bonds. The highest BCUT2D eigenvalue weighted by molar-refractivity contribution is 5.93. The van der Waals surface area contributed by atoms with Gasteiger partial charge in [-0.25, -0.2) is 0 Å². The van der Waals surface area contributed by atoms with Gasteiger partial charge in [0.05, 0.1) is 75.5 Å². The molecule has 15 heteroatoms. The van der Waals surface area contributed by atoms with E-state index in [2.05, 4.69) is 0 Å². The maximum absolute atomic E-state index is 14.6. The summed E-state index contributed by atoms with van der Waals surface area (Å²) in [6, 6.07) is 7.55. The van der Waals surface area contributed by atoms with Crippen LogP contribution >= 0.6 is 0 Å². The van der Waals surface area contributed by atoms with Crippen molar-refractivity contribution in [3.63, 3.8) is 0 Å². The van der Waals surface area contributed by atoms with Crippen LogP contribution in [0.15, 0.2) is 30.3 Å². The third kappa shape index (κ3) is 16.6. The molecule has 0 unspecified atom stereocenters. The highest BCUT2D eigenvalue weighted by Gasteiger charge is 2.43. The predicted octanol–water partition coefficient (Wildman–Crippen LogP) is 4.91. The van der Waals surface area contributed by atoms with E-state index in [4.69, 9.17) is 24.7 Å². The highest BCUT2D eigenvalue weighted by atomic mass is 16.5. The number of nitrogens with two attached hydrogens (primary N) is 1. The summed E-state index contributed by atoms with van der Waals surface area (Å²) in [7, 11) is 6.37. The van der Waals surface area contributed by atoms with Crippen molar-refractivity contribution in [1.29, 1.82) is 0 Å². The van der Waals surface area contributed by atoms with Crippen LogP contribution in [-0.4, -0.2) is 153 Å². The zero-order valence-corrected chi connectivity index (χ0v) is 40.1. The lowest BCUT2D eigenvalue weighted by Crippen LogP contribution is -2.54. The van der Waals surface area contributed by atoms with Gasteiger partial charge in [-0.15, -0.1) is 0 Å². The summed E-state index contributed by atoms with van der Waals surface area (Å²) >= 11 is 0. The first-order chi connectivity index (χ1) is 29.9. The van der Waals surface area contributed by atoms with Gasteiger partial charge in [-0.3, -0.25) is 28.8 Å². The molecular weight excluding hydrogens is 809 g/mol. The number of hydrogen-bond donors (Lipinski definition) is 2. The number of ketones is 2. The molecule has 1 heterocycles. The standard InChI is InChI=1S/C48H80N4O11/c1-12-33(6)45(51(9)47(57)37(31(2)3)29-40(54)44(32(4)5)50(8)42(55)20-23-62-25-26-63-24-21-49)41(60-10)30-43(56)52-22-16-19-38(52)46(61-11)34(7)39(53)28-36(48(58)59)27-35-17-14-13-15-18-35/h13-15,17-18,31-34,36-38,41,44-46H,12,16,19-30,49H2,1-11H3,(H,58,59)/t33-,34-,36+,37-,38-,41+,44-,45-,46+/m0/s1. The Hall–Kier alpha value is -3.76. The van der Waals surface area contributed by atoms with Crippen LogP contribution in [0.25, 0.3) is 0 Å². The topological polar surface area (TPSA) is 195 Å². The van der Waals surface area contributed by atoms with Crippen molar-refractivity contribution < 1.29 is 52.8 Å². The number of carbonyl (C=O) groups excluding carboxylic acids is 5. The number of likely N-dealkylation sites (tertiary alicyclic amines) is 1. The van der Waals surface area contributed by atoms with Gasteiger partial charge in [-0.2, -0.15) is 0 Å². The summed E-state index contributed by atoms with van der Waals surface area (Å²) in [6.45, 7) is 15.5. The van der Waals surface area contributed by atoms with E-state index in [9.17, 15) is 33.9 Å². The van der Waals surface area contributed by atoms with Gasteiger partial charge < -0.3 is 44.5 Å². The smallest absolute Gasteiger partial charge is 0.307 e. The van der Waals surface area contributed by atoms with Crippen LogP contribution in [0.5, 0.6) is 0 Å². The van der Waals surface area contributed by atoms with Crippen molar-refractivity contribution >= 4 is 35.3 Å². The lowest BCUT2D eigenvalue weighted by Gasteiger charge is -2.41. The molecule has 1 aliphatic heterocycles. The van der Waals surface area contributed by atoms with E-state index in [0.717, 1.165) is 5.56 Å². The van der Waals surface area contributed by atoms with Gasteiger partial charge in [0.1, 0.15) is 5.78 Å². The lowest BCUT2D eigenvalue weighted by atomic mass is 9.83. The summed E-state index contributed by atoms with van der Waals surface area (Å²) in [4.78, 5) is 87.0.